The number of ether oxygens (including phenoxy) is 1. The molecule has 1 aliphatic heterocycles. The van der Waals surface area contributed by atoms with Gasteiger partial charge < -0.3 is 18.8 Å². The summed E-state index contributed by atoms with van der Waals surface area (Å²) in [6.45, 7) is 17.5. The molecule has 12 aromatic rings. The molecule has 0 N–H and O–H groups in total. The van der Waals surface area contributed by atoms with Crippen LogP contribution in [0.4, 0.5) is 11.4 Å². The van der Waals surface area contributed by atoms with E-state index in [1.54, 1.807) is 0 Å². The molecule has 3 aromatic heterocycles. The fraction of sp³-hybridized carbons (Fsp3) is 0.250. The fourth-order valence-electron chi connectivity index (χ4n) is 12.3. The second-order valence-corrected chi connectivity index (χ2v) is 27.2. The van der Waals surface area contributed by atoms with Crippen molar-refractivity contribution in [3.63, 3.8) is 0 Å². The van der Waals surface area contributed by atoms with Crippen molar-refractivity contribution in [1.82, 2.24) is 14.1 Å². The molecule has 0 saturated carbocycles. The summed E-state index contributed by atoms with van der Waals surface area (Å²) in [5.41, 5.74) is 7.12. The molecule has 5 nitrogen and oxygen atoms in total. The molecule has 6 heteroatoms. The first-order valence-corrected chi connectivity index (χ1v) is 29.4. The molecule has 0 aliphatic carbocycles. The van der Waals surface area contributed by atoms with Crippen LogP contribution in [-0.2, 0) is 48.1 Å². The van der Waals surface area contributed by atoms with Crippen molar-refractivity contribution in [2.45, 2.75) is 131 Å². The maximum atomic E-state index is 8.97. The second-order valence-electron chi connectivity index (χ2n) is 27.2. The van der Waals surface area contributed by atoms with Crippen LogP contribution in [0.1, 0.15) is 144 Å². The van der Waals surface area contributed by atoms with Gasteiger partial charge in [0.25, 0.3) is 0 Å². The molecule has 0 unspecified atom stereocenters. The Morgan fingerprint density at radius 1 is 0.442 bits per heavy atom. The predicted molar refractivity (Wildman–Crippen MR) is 361 cm³/mol. The SMILES string of the molecule is [2H]C([2H])([2H])C(c1cc(-c2cccc3c4ccccc4c4ccccc4c4c(-c5cc(C(C)(C)C)cc(C(C)(C)C)c5)ccc5c4n(c23)[CH-]N5c2[c-]c(Oc3[c-]c4c(cc3)c3ccccc3n4-c3cc(C(C)(C)C)ccn3)ccc2)cc(C(C)(C)C)c1)(C([2H])([2H])[2H])C([2H])([2H])[2H].[Pt]. The number of aromatic nitrogens is 3. The Hall–Kier alpha value is -8.11. The minimum Gasteiger partial charge on any atom is -0.509 e. The van der Waals surface area contributed by atoms with Crippen LogP contribution >= 0.6 is 0 Å². The molecule has 0 atom stereocenters. The van der Waals surface area contributed by atoms with Gasteiger partial charge in [-0.15, -0.1) is 35.7 Å². The summed E-state index contributed by atoms with van der Waals surface area (Å²) >= 11 is 0. The molecule has 13 rings (SSSR count). The van der Waals surface area contributed by atoms with Crippen LogP contribution in [0.5, 0.6) is 11.5 Å². The third-order valence-electron chi connectivity index (χ3n) is 17.0. The Kier molecular flexibility index (Phi) is 11.8. The molecule has 0 saturated heterocycles. The van der Waals surface area contributed by atoms with Crippen molar-refractivity contribution in [2.75, 3.05) is 4.90 Å². The van der Waals surface area contributed by atoms with E-state index in [1.807, 2.05) is 87.6 Å². The summed E-state index contributed by atoms with van der Waals surface area (Å²) < 4.78 is 92.0. The minimum absolute atomic E-state index is 0. The largest absolute Gasteiger partial charge is 0.509 e. The zero-order valence-corrected chi connectivity index (χ0v) is 53.3. The number of pyridine rings is 1. The van der Waals surface area contributed by atoms with Crippen LogP contribution in [0, 0.1) is 18.8 Å². The zero-order valence-electron chi connectivity index (χ0n) is 60.0. The molecule has 0 spiro atoms. The van der Waals surface area contributed by atoms with Crippen molar-refractivity contribution in [3.8, 4) is 39.6 Å². The van der Waals surface area contributed by atoms with E-state index in [-0.39, 0.29) is 42.9 Å². The Labute approximate surface area is 535 Å². The van der Waals surface area contributed by atoms with Crippen molar-refractivity contribution in [2.24, 2.45) is 0 Å². The normalized spacial score (nSPS) is 15.0. The number of hydrogen-bond donors (Lipinski definition) is 0. The predicted octanol–water partition coefficient (Wildman–Crippen LogP) is 22.0. The third kappa shape index (κ3) is 10.3. The summed E-state index contributed by atoms with van der Waals surface area (Å²) in [4.78, 5) is 7.03. The number of hydrogen-bond acceptors (Lipinski definition) is 3. The van der Waals surface area contributed by atoms with E-state index < -0.39 is 31.4 Å². The Morgan fingerprint density at radius 2 is 0.977 bits per heavy atom. The van der Waals surface area contributed by atoms with Crippen LogP contribution in [0.25, 0.3) is 93.2 Å². The molecule has 0 fully saturated rings. The van der Waals surface area contributed by atoms with Gasteiger partial charge >= 0.3 is 0 Å². The minimum atomic E-state index is -3.51. The van der Waals surface area contributed by atoms with E-state index in [2.05, 4.69) is 204 Å². The number of benzene rings is 9. The molecule has 9 aromatic carbocycles. The fourth-order valence-corrected chi connectivity index (χ4v) is 12.3. The molecule has 86 heavy (non-hydrogen) atoms. The average molecular weight is 1310 g/mol. The third-order valence-corrected chi connectivity index (χ3v) is 17.0. The maximum absolute atomic E-state index is 8.97. The van der Waals surface area contributed by atoms with E-state index in [1.165, 1.54) is 23.3 Å². The molecule has 0 bridgehead atoms. The summed E-state index contributed by atoms with van der Waals surface area (Å²) in [5, 5.41) is 7.68. The van der Waals surface area contributed by atoms with Gasteiger partial charge in [0, 0.05) is 62.3 Å². The van der Waals surface area contributed by atoms with Gasteiger partial charge in [0.1, 0.15) is 5.82 Å². The van der Waals surface area contributed by atoms with Crippen LogP contribution in [0.2, 0.25) is 0 Å². The van der Waals surface area contributed by atoms with Crippen molar-refractivity contribution in [1.29, 1.82) is 0 Å². The van der Waals surface area contributed by atoms with Crippen LogP contribution < -0.4 is 9.64 Å². The molecular formula is C80H77N4OPt-3. The van der Waals surface area contributed by atoms with Crippen LogP contribution in [0.15, 0.2) is 188 Å². The van der Waals surface area contributed by atoms with E-state index in [0.717, 1.165) is 87.8 Å². The molecule has 0 amide bonds. The Morgan fingerprint density at radius 3 is 1.60 bits per heavy atom. The first-order valence-electron chi connectivity index (χ1n) is 33.9. The van der Waals surface area contributed by atoms with E-state index in [4.69, 9.17) is 22.1 Å². The van der Waals surface area contributed by atoms with Gasteiger partial charge in [-0.25, -0.2) is 4.98 Å². The molecular weight excluding hydrogens is 1230 g/mol. The average Bonchev–Trinajstić information content (AvgIpc) is 1.51. The van der Waals surface area contributed by atoms with E-state index in [9.17, 15) is 0 Å². The van der Waals surface area contributed by atoms with Gasteiger partial charge in [0.15, 0.2) is 0 Å². The van der Waals surface area contributed by atoms with E-state index in [0.29, 0.717) is 39.4 Å². The standard InChI is InChI=1S/C80H77N4O.Pt/c1-76(2,3)52-38-39-81-72(46-52)84-69-33-21-20-29-65(69)66-35-34-59(48-71(66)84)85-58-25-22-24-57(47-58)82-49-83-74-61(51-42-55(79(10,11)12)45-56(43-51)80(13,14)15)31-23-32-68(74)64-28-17-16-26-62(64)63-27-18-19-30-67(63)73-60(36-37-70(82)75(73)83)50-40-53(77(4,5)6)44-54(41-50)78(7,8)9;/h16-46,49H,1-15H3;/q-3;/i10D3,11D3,12D3;. The van der Waals surface area contributed by atoms with Crippen molar-refractivity contribution >= 4 is 76.5 Å². The molecule has 436 valence electrons. The zero-order chi connectivity index (χ0) is 67.2. The van der Waals surface area contributed by atoms with Gasteiger partial charge in [-0.2, -0.15) is 12.1 Å². The Bertz CT molecular complexity index is 5050. The van der Waals surface area contributed by atoms with E-state index >= 15 is 0 Å². The molecule has 1 aliphatic rings. The summed E-state index contributed by atoms with van der Waals surface area (Å²) in [7, 11) is 0. The number of para-hydroxylation sites is 2. The number of nitrogens with zero attached hydrogens (tertiary/aromatic N) is 4. The summed E-state index contributed by atoms with van der Waals surface area (Å²) in [6.07, 6.45) is 1.87. The first kappa shape index (κ1) is 48.1. The molecule has 0 radical (unpaired) electrons. The topological polar surface area (TPSA) is 35.2 Å². The number of anilines is 2. The van der Waals surface area contributed by atoms with Gasteiger partial charge in [-0.05, 0) is 157 Å². The van der Waals surface area contributed by atoms with Crippen LogP contribution in [-0.4, -0.2) is 14.1 Å². The second kappa shape index (κ2) is 21.1. The van der Waals surface area contributed by atoms with Gasteiger partial charge in [0.2, 0.25) is 0 Å². The summed E-state index contributed by atoms with van der Waals surface area (Å²) in [5.74, 6) is 1.70. The smallest absolute Gasteiger partial charge is 0.135 e. The number of fused-ring (bicyclic) bond motifs is 10. The van der Waals surface area contributed by atoms with Gasteiger partial charge in [0.05, 0.1) is 0 Å². The Balaban J connectivity index is 0.00000864. The van der Waals surface area contributed by atoms with Crippen LogP contribution in [0.3, 0.4) is 0 Å². The van der Waals surface area contributed by atoms with Gasteiger partial charge in [-0.1, -0.05) is 242 Å². The van der Waals surface area contributed by atoms with Crippen molar-refractivity contribution < 1.29 is 38.1 Å². The number of rotatable bonds is 6. The first-order chi connectivity index (χ1) is 44.0. The molecule has 4 heterocycles. The van der Waals surface area contributed by atoms with Crippen molar-refractivity contribution in [3.05, 3.63) is 235 Å². The quantitative estimate of drug-likeness (QED) is 0.156. The monoisotopic (exact) mass is 1310 g/mol. The summed E-state index contributed by atoms with van der Waals surface area (Å²) in [6, 6.07) is 68.9. The maximum Gasteiger partial charge on any atom is 0.135 e. The van der Waals surface area contributed by atoms with Gasteiger partial charge in [-0.3, -0.25) is 0 Å².